The third kappa shape index (κ3) is 4.04. The topological polar surface area (TPSA) is 66.4 Å². The zero-order valence-corrected chi connectivity index (χ0v) is 18.6. The number of amides is 1. The molecule has 30 heavy (non-hydrogen) atoms. The van der Waals surface area contributed by atoms with Crippen molar-refractivity contribution in [2.45, 2.75) is 58.4 Å². The number of thiophene rings is 1. The van der Waals surface area contributed by atoms with Gasteiger partial charge in [-0.15, -0.1) is 11.3 Å². The smallest absolute Gasteiger partial charge is 0.303 e. The lowest BCUT2D eigenvalue weighted by Gasteiger charge is -2.62. The highest BCUT2D eigenvalue weighted by molar-refractivity contribution is 7.17. The van der Waals surface area contributed by atoms with Gasteiger partial charge >= 0.3 is 5.97 Å². The molecule has 1 aromatic heterocycles. The van der Waals surface area contributed by atoms with Crippen LogP contribution in [0.4, 0.5) is 0 Å². The van der Waals surface area contributed by atoms with Crippen LogP contribution >= 0.6 is 11.3 Å². The molecular formula is C25H31NO3S. The fourth-order valence-electron chi connectivity index (χ4n) is 5.58. The minimum Gasteiger partial charge on any atom is -0.481 e. The molecule has 1 amide bonds. The number of carbonyl (C=O) groups is 2. The monoisotopic (exact) mass is 425 g/mol. The molecule has 2 aromatic rings. The summed E-state index contributed by atoms with van der Waals surface area (Å²) in [4.78, 5) is 23.8. The lowest BCUT2D eigenvalue weighted by Crippen LogP contribution is -2.61. The van der Waals surface area contributed by atoms with Crippen LogP contribution < -0.4 is 5.32 Å². The zero-order valence-electron chi connectivity index (χ0n) is 17.8. The van der Waals surface area contributed by atoms with E-state index in [1.54, 1.807) is 11.3 Å². The van der Waals surface area contributed by atoms with E-state index in [1.165, 1.54) is 6.42 Å². The average molecular weight is 426 g/mol. The van der Waals surface area contributed by atoms with E-state index in [2.05, 4.69) is 37.4 Å². The van der Waals surface area contributed by atoms with Crippen LogP contribution in [0.15, 0.2) is 41.8 Å². The summed E-state index contributed by atoms with van der Waals surface area (Å²) < 4.78 is 1.15. The first-order chi connectivity index (χ1) is 14.4. The fraction of sp³-hybridized carbons (Fsp3) is 0.520. The maximum atomic E-state index is 13.1. The van der Waals surface area contributed by atoms with Crippen molar-refractivity contribution < 1.29 is 14.7 Å². The number of nitrogens with one attached hydrogen (secondary N) is 1. The van der Waals surface area contributed by atoms with Gasteiger partial charge in [0.1, 0.15) is 0 Å². The Morgan fingerprint density at radius 1 is 1.23 bits per heavy atom. The molecule has 4 atom stereocenters. The van der Waals surface area contributed by atoms with E-state index in [9.17, 15) is 9.59 Å². The Labute approximate surface area is 182 Å². The molecule has 2 bridgehead atoms. The highest BCUT2D eigenvalue weighted by Gasteiger charge is 2.57. The SMILES string of the molecule is CC1(C)[C@H]2C[C@H](NC(=O)c3csc4ccccc34)[C@@H](CC=CCCCC(=O)O)[C@@H]1C2. The number of benzene rings is 1. The van der Waals surface area contributed by atoms with Crippen LogP contribution in [0.1, 0.15) is 62.7 Å². The molecule has 0 spiro atoms. The van der Waals surface area contributed by atoms with Crippen LogP contribution in [-0.2, 0) is 4.79 Å². The Kier molecular flexibility index (Phi) is 6.01. The predicted octanol–water partition coefficient (Wildman–Crippen LogP) is 5.88. The van der Waals surface area contributed by atoms with Gasteiger partial charge in [-0.2, -0.15) is 0 Å². The Balaban J connectivity index is 1.43. The molecule has 3 aliphatic carbocycles. The summed E-state index contributed by atoms with van der Waals surface area (Å²) in [7, 11) is 0. The van der Waals surface area contributed by atoms with Gasteiger partial charge in [-0.25, -0.2) is 0 Å². The lowest BCUT2D eigenvalue weighted by molar-refractivity contribution is -0.137. The molecule has 1 heterocycles. The predicted molar refractivity (Wildman–Crippen MR) is 122 cm³/mol. The van der Waals surface area contributed by atoms with Gasteiger partial charge in [-0.05, 0) is 61.3 Å². The summed E-state index contributed by atoms with van der Waals surface area (Å²) >= 11 is 1.62. The number of allylic oxidation sites excluding steroid dienone is 2. The second-order valence-corrected chi connectivity index (χ2v) is 10.4. The molecule has 3 saturated carbocycles. The normalized spacial score (nSPS) is 27.1. The average Bonchev–Trinajstić information content (AvgIpc) is 3.15. The van der Waals surface area contributed by atoms with Gasteiger partial charge in [0, 0.05) is 27.9 Å². The van der Waals surface area contributed by atoms with Crippen molar-refractivity contribution in [3.05, 3.63) is 47.4 Å². The summed E-state index contributed by atoms with van der Waals surface area (Å²) in [6.45, 7) is 4.75. The first-order valence-corrected chi connectivity index (χ1v) is 11.9. The van der Waals surface area contributed by atoms with Crippen molar-refractivity contribution in [3.63, 3.8) is 0 Å². The number of fused-ring (bicyclic) bond motifs is 3. The number of rotatable bonds is 8. The largest absolute Gasteiger partial charge is 0.481 e. The van der Waals surface area contributed by atoms with Crippen LogP contribution in [0, 0.1) is 23.2 Å². The van der Waals surface area contributed by atoms with E-state index in [0.717, 1.165) is 34.9 Å². The number of carboxylic acids is 1. The van der Waals surface area contributed by atoms with Crippen LogP contribution in [0.2, 0.25) is 0 Å². The maximum Gasteiger partial charge on any atom is 0.303 e. The van der Waals surface area contributed by atoms with E-state index in [0.29, 0.717) is 29.6 Å². The molecule has 0 aliphatic heterocycles. The summed E-state index contributed by atoms with van der Waals surface area (Å²) in [6.07, 6.45) is 9.29. The molecule has 160 valence electrons. The highest BCUT2D eigenvalue weighted by Crippen LogP contribution is 2.62. The number of unbranched alkanes of at least 4 members (excludes halogenated alkanes) is 1. The van der Waals surface area contributed by atoms with Crippen LogP contribution in [0.25, 0.3) is 10.1 Å². The third-order valence-electron chi connectivity index (χ3n) is 7.50. The third-order valence-corrected chi connectivity index (χ3v) is 8.46. The summed E-state index contributed by atoms with van der Waals surface area (Å²) in [5.41, 5.74) is 1.13. The minimum atomic E-state index is -0.735. The van der Waals surface area contributed by atoms with Crippen molar-refractivity contribution in [2.75, 3.05) is 0 Å². The number of hydrogen-bond acceptors (Lipinski definition) is 3. The van der Waals surface area contributed by atoms with Crippen LogP contribution in [-0.4, -0.2) is 23.0 Å². The van der Waals surface area contributed by atoms with Gasteiger partial charge in [0.2, 0.25) is 0 Å². The molecule has 3 fully saturated rings. The Morgan fingerprint density at radius 3 is 2.80 bits per heavy atom. The second-order valence-electron chi connectivity index (χ2n) is 9.48. The number of hydrogen-bond donors (Lipinski definition) is 2. The Morgan fingerprint density at radius 2 is 2.03 bits per heavy atom. The van der Waals surface area contributed by atoms with Crippen molar-refractivity contribution in [1.82, 2.24) is 5.32 Å². The quantitative estimate of drug-likeness (QED) is 0.410. The van der Waals surface area contributed by atoms with Crippen molar-refractivity contribution in [3.8, 4) is 0 Å². The van der Waals surface area contributed by atoms with Gasteiger partial charge in [0.25, 0.3) is 5.91 Å². The highest BCUT2D eigenvalue weighted by atomic mass is 32.1. The van der Waals surface area contributed by atoms with Gasteiger partial charge in [-0.3, -0.25) is 9.59 Å². The van der Waals surface area contributed by atoms with Crippen molar-refractivity contribution >= 4 is 33.3 Å². The Bertz CT molecular complexity index is 960. The molecule has 3 aliphatic rings. The van der Waals surface area contributed by atoms with E-state index in [-0.39, 0.29) is 18.4 Å². The van der Waals surface area contributed by atoms with E-state index in [1.807, 2.05) is 23.6 Å². The lowest BCUT2D eigenvalue weighted by atomic mass is 9.44. The number of carbonyl (C=O) groups excluding carboxylic acids is 1. The first kappa shape index (κ1) is 21.1. The summed E-state index contributed by atoms with van der Waals surface area (Å²) in [5, 5.41) is 15.2. The molecule has 1 aromatic carbocycles. The van der Waals surface area contributed by atoms with Gasteiger partial charge in [0.15, 0.2) is 0 Å². The first-order valence-electron chi connectivity index (χ1n) is 11.0. The molecule has 5 rings (SSSR count). The van der Waals surface area contributed by atoms with Gasteiger partial charge < -0.3 is 10.4 Å². The van der Waals surface area contributed by atoms with Crippen molar-refractivity contribution in [1.29, 1.82) is 0 Å². The fourth-order valence-corrected chi connectivity index (χ4v) is 6.52. The number of carboxylic acid groups (broad SMARTS) is 1. The van der Waals surface area contributed by atoms with Crippen LogP contribution in [0.5, 0.6) is 0 Å². The standard InChI is InChI=1S/C25H31NO3S/c1-25(2)16-13-20(25)18(10-5-3-4-6-12-23(27)28)21(14-16)26-24(29)19-15-30-22-11-8-7-9-17(19)22/h3,5,7-9,11,15-16,18,20-21H,4,6,10,12-14H2,1-2H3,(H,26,29)(H,27,28)/t16-,18+,20+,21+/m1/s1. The molecule has 0 unspecified atom stereocenters. The summed E-state index contributed by atoms with van der Waals surface area (Å²) in [6, 6.07) is 8.29. The second kappa shape index (κ2) is 8.54. The van der Waals surface area contributed by atoms with Crippen LogP contribution in [0.3, 0.4) is 0 Å². The van der Waals surface area contributed by atoms with E-state index < -0.39 is 5.97 Å². The zero-order chi connectivity index (χ0) is 21.3. The maximum absolute atomic E-state index is 13.1. The minimum absolute atomic E-state index is 0.0481. The van der Waals surface area contributed by atoms with Gasteiger partial charge in [0.05, 0.1) is 5.56 Å². The van der Waals surface area contributed by atoms with Gasteiger partial charge in [-0.1, -0.05) is 44.2 Å². The van der Waals surface area contributed by atoms with E-state index >= 15 is 0 Å². The number of aliphatic carboxylic acids is 1. The van der Waals surface area contributed by atoms with Crippen molar-refractivity contribution in [2.24, 2.45) is 23.2 Å². The molecule has 5 heteroatoms. The molecule has 4 nitrogen and oxygen atoms in total. The molecule has 2 N–H and O–H groups in total. The van der Waals surface area contributed by atoms with E-state index in [4.69, 9.17) is 5.11 Å². The Hall–Kier alpha value is -2.14. The molecule has 0 radical (unpaired) electrons. The molecular weight excluding hydrogens is 394 g/mol. The molecule has 0 saturated heterocycles. The summed E-state index contributed by atoms with van der Waals surface area (Å²) in [5.74, 6) is 1.07.